The Morgan fingerprint density at radius 1 is 1.37 bits per heavy atom. The molecule has 3 nitrogen and oxygen atoms in total. The molecule has 1 aliphatic heterocycles. The maximum Gasteiger partial charge on any atom is 0.150 e. The second kappa shape index (κ2) is 5.43. The van der Waals surface area contributed by atoms with Gasteiger partial charge in [-0.2, -0.15) is 5.10 Å². The Morgan fingerprint density at radius 3 is 3.00 bits per heavy atom. The number of benzene rings is 1. The predicted molar refractivity (Wildman–Crippen MR) is 74.2 cm³/mol. The van der Waals surface area contributed by atoms with Gasteiger partial charge in [0.05, 0.1) is 6.20 Å². The van der Waals surface area contributed by atoms with Crippen molar-refractivity contribution >= 4 is 15.9 Å². The van der Waals surface area contributed by atoms with E-state index < -0.39 is 0 Å². The molecule has 0 N–H and O–H groups in total. The van der Waals surface area contributed by atoms with Crippen LogP contribution in [0.1, 0.15) is 25.5 Å². The Morgan fingerprint density at radius 2 is 2.26 bits per heavy atom. The van der Waals surface area contributed by atoms with E-state index in [1.807, 2.05) is 12.3 Å². The van der Waals surface area contributed by atoms with Crippen LogP contribution in [0.15, 0.2) is 35.1 Å². The van der Waals surface area contributed by atoms with Gasteiger partial charge in [0.25, 0.3) is 0 Å². The monoisotopic (exact) mass is 324 g/mol. The van der Waals surface area contributed by atoms with Crippen LogP contribution >= 0.6 is 15.9 Å². The second-order valence-corrected chi connectivity index (χ2v) is 5.57. The summed E-state index contributed by atoms with van der Waals surface area (Å²) in [6.45, 7) is 0.770. The van der Waals surface area contributed by atoms with Crippen molar-refractivity contribution in [3.05, 3.63) is 40.9 Å². The third kappa shape index (κ3) is 2.72. The molecule has 1 aromatic heterocycles. The highest BCUT2D eigenvalue weighted by Crippen LogP contribution is 2.28. The van der Waals surface area contributed by atoms with Gasteiger partial charge in [0.1, 0.15) is 12.0 Å². The number of halogens is 2. The van der Waals surface area contributed by atoms with Crippen molar-refractivity contribution in [1.29, 1.82) is 0 Å². The van der Waals surface area contributed by atoms with Crippen molar-refractivity contribution in [2.24, 2.45) is 0 Å². The summed E-state index contributed by atoms with van der Waals surface area (Å²) in [5, 5.41) is 4.29. The smallest absolute Gasteiger partial charge is 0.150 e. The van der Waals surface area contributed by atoms with Crippen LogP contribution in [0.5, 0.6) is 0 Å². The average molecular weight is 325 g/mol. The first-order valence-electron chi connectivity index (χ1n) is 6.35. The summed E-state index contributed by atoms with van der Waals surface area (Å²) in [6, 6.07) is 5.04. The first kappa shape index (κ1) is 12.8. The summed E-state index contributed by atoms with van der Waals surface area (Å²) < 4.78 is 22.1. The van der Waals surface area contributed by atoms with Gasteiger partial charge < -0.3 is 4.74 Å². The van der Waals surface area contributed by atoms with Crippen molar-refractivity contribution in [3.8, 4) is 11.1 Å². The van der Waals surface area contributed by atoms with Crippen molar-refractivity contribution in [2.45, 2.75) is 25.5 Å². The minimum Gasteiger partial charge on any atom is -0.357 e. The molecule has 2 heterocycles. The van der Waals surface area contributed by atoms with E-state index in [1.54, 1.807) is 16.9 Å². The maximum atomic E-state index is 13.9. The van der Waals surface area contributed by atoms with E-state index in [0.717, 1.165) is 35.9 Å². The number of hydrogen-bond acceptors (Lipinski definition) is 2. The maximum absolute atomic E-state index is 13.9. The number of hydrogen-bond donors (Lipinski definition) is 0. The molecule has 100 valence electrons. The summed E-state index contributed by atoms with van der Waals surface area (Å²) in [5.41, 5.74) is 1.34. The molecular weight excluding hydrogens is 311 g/mol. The highest BCUT2D eigenvalue weighted by atomic mass is 79.9. The van der Waals surface area contributed by atoms with Gasteiger partial charge in [0, 0.05) is 28.4 Å². The standard InChI is InChI=1S/C14H14BrFN2O/c15-11-4-5-12(13(16)7-11)10-8-17-18(9-10)14-3-1-2-6-19-14/h4-5,7-9,14H,1-3,6H2. The minimum atomic E-state index is -0.251. The largest absolute Gasteiger partial charge is 0.357 e. The Hall–Kier alpha value is -1.20. The zero-order chi connectivity index (χ0) is 13.2. The first-order chi connectivity index (χ1) is 9.24. The Labute approximate surface area is 119 Å². The van der Waals surface area contributed by atoms with Gasteiger partial charge >= 0.3 is 0 Å². The summed E-state index contributed by atoms with van der Waals surface area (Å²) >= 11 is 3.26. The molecule has 0 saturated carbocycles. The highest BCUT2D eigenvalue weighted by molar-refractivity contribution is 9.10. The molecule has 2 aromatic rings. The molecule has 19 heavy (non-hydrogen) atoms. The summed E-state index contributed by atoms with van der Waals surface area (Å²) in [4.78, 5) is 0. The molecule has 0 aliphatic carbocycles. The average Bonchev–Trinajstić information content (AvgIpc) is 2.89. The van der Waals surface area contributed by atoms with E-state index in [1.165, 1.54) is 6.07 Å². The van der Waals surface area contributed by atoms with Gasteiger partial charge in [-0.25, -0.2) is 9.07 Å². The lowest BCUT2D eigenvalue weighted by Crippen LogP contribution is -2.18. The van der Waals surface area contributed by atoms with Gasteiger partial charge in [-0.3, -0.25) is 0 Å². The summed E-state index contributed by atoms with van der Waals surface area (Å²) in [7, 11) is 0. The molecule has 1 aromatic carbocycles. The quantitative estimate of drug-likeness (QED) is 0.829. The third-order valence-electron chi connectivity index (χ3n) is 3.29. The molecule has 0 amide bonds. The van der Waals surface area contributed by atoms with Crippen LogP contribution in [0.25, 0.3) is 11.1 Å². The van der Waals surface area contributed by atoms with Gasteiger partial charge in [0.15, 0.2) is 0 Å². The van der Waals surface area contributed by atoms with Gasteiger partial charge in [-0.1, -0.05) is 22.0 Å². The van der Waals surface area contributed by atoms with Crippen LogP contribution in [0.3, 0.4) is 0 Å². The molecule has 0 bridgehead atoms. The Balaban J connectivity index is 1.87. The van der Waals surface area contributed by atoms with Crippen LogP contribution in [-0.4, -0.2) is 16.4 Å². The molecule has 1 fully saturated rings. The Kier molecular flexibility index (Phi) is 3.66. The van der Waals surface area contributed by atoms with Crippen molar-refractivity contribution in [3.63, 3.8) is 0 Å². The second-order valence-electron chi connectivity index (χ2n) is 4.65. The molecule has 0 radical (unpaired) electrons. The van der Waals surface area contributed by atoms with Gasteiger partial charge in [-0.05, 0) is 31.4 Å². The minimum absolute atomic E-state index is 0.0130. The van der Waals surface area contributed by atoms with Crippen molar-refractivity contribution < 1.29 is 9.13 Å². The van der Waals surface area contributed by atoms with E-state index in [-0.39, 0.29) is 12.0 Å². The zero-order valence-corrected chi connectivity index (χ0v) is 11.9. The molecule has 3 rings (SSSR count). The molecular formula is C14H14BrFN2O. The molecule has 5 heteroatoms. The fourth-order valence-corrected chi connectivity index (χ4v) is 2.62. The van der Waals surface area contributed by atoms with Crippen LogP contribution < -0.4 is 0 Å². The number of aromatic nitrogens is 2. The van der Waals surface area contributed by atoms with E-state index in [9.17, 15) is 4.39 Å². The van der Waals surface area contributed by atoms with Crippen LogP contribution in [0.4, 0.5) is 4.39 Å². The third-order valence-corrected chi connectivity index (χ3v) is 3.79. The SMILES string of the molecule is Fc1cc(Br)ccc1-c1cnn(C2CCCCO2)c1. The van der Waals surface area contributed by atoms with Gasteiger partial charge in [-0.15, -0.1) is 0 Å². The van der Waals surface area contributed by atoms with Crippen LogP contribution in [0.2, 0.25) is 0 Å². The zero-order valence-electron chi connectivity index (χ0n) is 10.4. The first-order valence-corrected chi connectivity index (χ1v) is 7.14. The normalized spacial score (nSPS) is 19.6. The molecule has 1 unspecified atom stereocenters. The number of nitrogens with zero attached hydrogens (tertiary/aromatic N) is 2. The summed E-state index contributed by atoms with van der Waals surface area (Å²) in [5.74, 6) is -0.251. The predicted octanol–water partition coefficient (Wildman–Crippen LogP) is 4.15. The molecule has 0 spiro atoms. The lowest BCUT2D eigenvalue weighted by Gasteiger charge is -2.22. The van der Waals surface area contributed by atoms with Crippen LogP contribution in [-0.2, 0) is 4.74 Å². The van der Waals surface area contributed by atoms with E-state index in [4.69, 9.17) is 4.74 Å². The van der Waals surface area contributed by atoms with E-state index in [0.29, 0.717) is 5.56 Å². The highest BCUT2D eigenvalue weighted by Gasteiger charge is 2.17. The van der Waals surface area contributed by atoms with Crippen molar-refractivity contribution in [1.82, 2.24) is 9.78 Å². The lowest BCUT2D eigenvalue weighted by molar-refractivity contribution is -0.0394. The van der Waals surface area contributed by atoms with Crippen molar-refractivity contribution in [2.75, 3.05) is 6.61 Å². The topological polar surface area (TPSA) is 27.1 Å². The van der Waals surface area contributed by atoms with Crippen LogP contribution in [0, 0.1) is 5.82 Å². The lowest BCUT2D eigenvalue weighted by atomic mass is 10.1. The van der Waals surface area contributed by atoms with E-state index in [2.05, 4.69) is 21.0 Å². The molecule has 1 aliphatic rings. The molecule has 1 saturated heterocycles. The molecule has 1 atom stereocenters. The summed E-state index contributed by atoms with van der Waals surface area (Å²) in [6.07, 6.45) is 6.73. The fraction of sp³-hybridized carbons (Fsp3) is 0.357. The Bertz CT molecular complexity index is 579. The number of rotatable bonds is 2. The fourth-order valence-electron chi connectivity index (χ4n) is 2.29. The number of ether oxygens (including phenoxy) is 1. The van der Waals surface area contributed by atoms with Gasteiger partial charge in [0.2, 0.25) is 0 Å². The van der Waals surface area contributed by atoms with E-state index >= 15 is 0 Å².